The quantitative estimate of drug-likeness (QED) is 0.385. The maximum absolute atomic E-state index is 13.5. The monoisotopic (exact) mass is 488 g/mol. The van der Waals surface area contributed by atoms with Gasteiger partial charge in [-0.25, -0.2) is 0 Å². The van der Waals surface area contributed by atoms with Crippen LogP contribution in [0.15, 0.2) is 24.3 Å². The second kappa shape index (κ2) is 9.55. The molecule has 2 aliphatic rings. The minimum Gasteiger partial charge on any atom is -0.462 e. The van der Waals surface area contributed by atoms with Gasteiger partial charge in [0.2, 0.25) is 0 Å². The van der Waals surface area contributed by atoms with Crippen molar-refractivity contribution >= 4 is 25.7 Å². The van der Waals surface area contributed by atoms with Crippen molar-refractivity contribution in [3.63, 3.8) is 0 Å². The van der Waals surface area contributed by atoms with E-state index in [2.05, 4.69) is 25.7 Å². The summed E-state index contributed by atoms with van der Waals surface area (Å²) in [4.78, 5) is 43.5. The molecule has 2 amide bonds. The average Bonchev–Trinajstić information content (AvgIpc) is 3.31. The van der Waals surface area contributed by atoms with E-state index in [1.54, 1.807) is 24.3 Å². The van der Waals surface area contributed by atoms with E-state index < -0.39 is 26.2 Å². The molecule has 0 spiro atoms. The first-order chi connectivity index (χ1) is 15.6. The number of nitrogens with zero attached hydrogens (tertiary/aromatic N) is 2. The van der Waals surface area contributed by atoms with Gasteiger partial charge in [0.1, 0.15) is 11.8 Å². The van der Waals surface area contributed by atoms with Gasteiger partial charge in [-0.05, 0) is 70.7 Å². The Labute approximate surface area is 204 Å². The third-order valence-corrected chi connectivity index (χ3v) is 9.69. The summed E-state index contributed by atoms with van der Waals surface area (Å²) in [6.45, 7) is 17.2. The number of hydrogen-bond donors (Lipinski definition) is 0. The number of rotatable bonds is 7. The molecular weight excluding hydrogens is 448 g/mol. The third kappa shape index (κ3) is 5.78. The molecular formula is C26H40N2O5Si. The van der Waals surface area contributed by atoms with Crippen LogP contribution in [0, 0.1) is 5.41 Å². The Kier molecular flexibility index (Phi) is 7.46. The van der Waals surface area contributed by atoms with Gasteiger partial charge in [0, 0.05) is 13.1 Å². The largest absolute Gasteiger partial charge is 0.462 e. The molecule has 1 aromatic rings. The fourth-order valence-corrected chi connectivity index (χ4v) is 8.75. The van der Waals surface area contributed by atoms with Crippen LogP contribution in [0.1, 0.15) is 82.0 Å². The molecule has 3 atom stereocenters. The van der Waals surface area contributed by atoms with Crippen molar-refractivity contribution in [2.75, 3.05) is 13.1 Å². The highest BCUT2D eigenvalue weighted by atomic mass is 28.4. The van der Waals surface area contributed by atoms with Crippen molar-refractivity contribution in [3.05, 3.63) is 35.4 Å². The first kappa shape index (κ1) is 26.6. The number of carbonyl (C=O) groups excluding carboxylic acids is 3. The number of imide groups is 1. The highest BCUT2D eigenvalue weighted by Gasteiger charge is 2.51. The van der Waals surface area contributed by atoms with Crippen LogP contribution >= 0.6 is 0 Å². The molecule has 0 bridgehead atoms. The maximum Gasteiger partial charge on any atom is 0.316 e. The van der Waals surface area contributed by atoms with Gasteiger partial charge in [0.05, 0.1) is 17.2 Å². The fourth-order valence-electron chi connectivity index (χ4n) is 5.01. The number of likely N-dealkylation sites (tertiary alicyclic amines) is 1. The van der Waals surface area contributed by atoms with Gasteiger partial charge in [0.15, 0.2) is 0 Å². The van der Waals surface area contributed by atoms with E-state index in [9.17, 15) is 14.4 Å². The summed E-state index contributed by atoms with van der Waals surface area (Å²) in [5.41, 5.74) is -0.257. The third-order valence-electron chi connectivity index (χ3n) is 6.23. The molecule has 0 aromatic heterocycles. The number of hydrogen-bond acceptors (Lipinski definition) is 6. The van der Waals surface area contributed by atoms with Crippen LogP contribution in [0.2, 0.25) is 12.6 Å². The molecule has 2 heterocycles. The van der Waals surface area contributed by atoms with Crippen LogP contribution in [-0.2, 0) is 9.16 Å². The van der Waals surface area contributed by atoms with Crippen molar-refractivity contribution in [2.24, 2.45) is 5.41 Å². The lowest BCUT2D eigenvalue weighted by Crippen LogP contribution is -2.60. The van der Waals surface area contributed by atoms with Crippen LogP contribution in [0.25, 0.3) is 0 Å². The van der Waals surface area contributed by atoms with E-state index in [0.29, 0.717) is 17.2 Å². The Morgan fingerprint density at radius 2 is 1.50 bits per heavy atom. The SMILES string of the molecule is C[C@H]([C@@H](O[Si](C)(CC(C)(C)C)C(=O)OC(C)(C)C)N1CCCC1)N1C(=O)c2ccccc2C1=O. The minimum absolute atomic E-state index is 0.161. The summed E-state index contributed by atoms with van der Waals surface area (Å²) < 4.78 is 12.7. The van der Waals surface area contributed by atoms with E-state index in [1.807, 2.05) is 34.2 Å². The van der Waals surface area contributed by atoms with Gasteiger partial charge >= 0.3 is 13.9 Å². The van der Waals surface area contributed by atoms with Crippen molar-refractivity contribution in [1.29, 1.82) is 0 Å². The predicted octanol–water partition coefficient (Wildman–Crippen LogP) is 5.25. The Morgan fingerprint density at radius 1 is 1.00 bits per heavy atom. The molecule has 0 aliphatic carbocycles. The number of amides is 2. The second-order valence-corrected chi connectivity index (χ2v) is 15.4. The summed E-state index contributed by atoms with van der Waals surface area (Å²) in [6.07, 6.45) is 1.45. The molecule has 34 heavy (non-hydrogen) atoms. The molecule has 8 heteroatoms. The molecule has 2 aliphatic heterocycles. The summed E-state index contributed by atoms with van der Waals surface area (Å²) in [5, 5.41) is 0. The zero-order chi connectivity index (χ0) is 25.5. The molecule has 1 fully saturated rings. The summed E-state index contributed by atoms with van der Waals surface area (Å²) in [5.74, 6) is -0.616. The number of fused-ring (bicyclic) bond motifs is 1. The van der Waals surface area contributed by atoms with Crippen LogP contribution in [0.5, 0.6) is 0 Å². The van der Waals surface area contributed by atoms with Gasteiger partial charge in [0.25, 0.3) is 11.8 Å². The number of ether oxygens (including phenoxy) is 1. The van der Waals surface area contributed by atoms with E-state index >= 15 is 0 Å². The maximum atomic E-state index is 13.5. The lowest BCUT2D eigenvalue weighted by Gasteiger charge is -2.42. The Bertz CT molecular complexity index is 910. The van der Waals surface area contributed by atoms with Crippen LogP contribution in [0.3, 0.4) is 0 Å². The summed E-state index contributed by atoms with van der Waals surface area (Å²) in [7, 11) is -3.12. The van der Waals surface area contributed by atoms with Gasteiger partial charge < -0.3 is 9.16 Å². The summed E-state index contributed by atoms with van der Waals surface area (Å²) >= 11 is 0. The second-order valence-electron chi connectivity index (χ2n) is 12.0. The van der Waals surface area contributed by atoms with Crippen LogP contribution in [0.4, 0.5) is 4.79 Å². The molecule has 0 radical (unpaired) electrons. The molecule has 188 valence electrons. The van der Waals surface area contributed by atoms with Crippen molar-refractivity contribution in [3.8, 4) is 0 Å². The van der Waals surface area contributed by atoms with Gasteiger partial charge in [-0.1, -0.05) is 32.9 Å². The molecule has 1 aromatic carbocycles. The van der Waals surface area contributed by atoms with Crippen molar-refractivity contribution in [2.45, 2.75) is 91.8 Å². The number of carbonyl (C=O) groups is 3. The van der Waals surface area contributed by atoms with Gasteiger partial charge in [-0.3, -0.25) is 24.2 Å². The lowest BCUT2D eigenvalue weighted by atomic mass is 10.0. The lowest BCUT2D eigenvalue weighted by molar-refractivity contribution is -0.0237. The topological polar surface area (TPSA) is 76.2 Å². The number of benzene rings is 1. The zero-order valence-electron chi connectivity index (χ0n) is 21.9. The first-order valence-electron chi connectivity index (χ1n) is 12.3. The molecule has 1 saturated heterocycles. The van der Waals surface area contributed by atoms with Crippen molar-refractivity contribution in [1.82, 2.24) is 9.80 Å². The van der Waals surface area contributed by atoms with E-state index in [-0.39, 0.29) is 22.8 Å². The van der Waals surface area contributed by atoms with E-state index in [0.717, 1.165) is 25.9 Å². The average molecular weight is 489 g/mol. The smallest absolute Gasteiger partial charge is 0.316 e. The molecule has 1 unspecified atom stereocenters. The first-order valence-corrected chi connectivity index (χ1v) is 14.9. The molecule has 0 N–H and O–H groups in total. The zero-order valence-corrected chi connectivity index (χ0v) is 22.9. The fraction of sp³-hybridized carbons (Fsp3) is 0.654. The normalized spacial score (nSPS) is 20.8. The minimum atomic E-state index is -3.12. The van der Waals surface area contributed by atoms with E-state index in [4.69, 9.17) is 9.16 Å². The molecule has 3 rings (SSSR count). The van der Waals surface area contributed by atoms with Crippen LogP contribution in [-0.4, -0.2) is 66.5 Å². The molecule has 0 saturated carbocycles. The predicted molar refractivity (Wildman–Crippen MR) is 134 cm³/mol. The Morgan fingerprint density at radius 3 is 1.94 bits per heavy atom. The van der Waals surface area contributed by atoms with Crippen LogP contribution < -0.4 is 0 Å². The highest BCUT2D eigenvalue weighted by molar-refractivity contribution is 6.99. The van der Waals surface area contributed by atoms with Crippen molar-refractivity contribution < 1.29 is 23.5 Å². The van der Waals surface area contributed by atoms with Gasteiger partial charge in [-0.2, -0.15) is 0 Å². The van der Waals surface area contributed by atoms with Gasteiger partial charge in [-0.15, -0.1) is 0 Å². The Balaban J connectivity index is 1.97. The Hall–Kier alpha value is -2.03. The molecule has 7 nitrogen and oxygen atoms in total. The summed E-state index contributed by atoms with van der Waals surface area (Å²) in [6, 6.07) is 6.92. The van der Waals surface area contributed by atoms with E-state index in [1.165, 1.54) is 4.90 Å². The standard InChI is InChI=1S/C26H40N2O5Si/c1-18(28-21(29)19-13-9-10-14-20(19)22(28)30)23(27-15-11-12-16-27)33-34(8,17-25(2,3)4)24(31)32-26(5,6)7/h9-10,13-14,18,23H,11-12,15-17H2,1-8H3/t18-,23-,34?/m1/s1. The highest BCUT2D eigenvalue weighted by Crippen LogP contribution is 2.35.